The van der Waals surface area contributed by atoms with Crippen molar-refractivity contribution in [2.24, 2.45) is 0 Å². The number of fused-ring (bicyclic) bond motifs is 1. The molecule has 0 amide bonds. The molecule has 4 rings (SSSR count). The molecule has 2 aromatic heterocycles. The van der Waals surface area contributed by atoms with Crippen LogP contribution in [0.3, 0.4) is 0 Å². The highest BCUT2D eigenvalue weighted by Crippen LogP contribution is 2.21. The molecule has 0 bridgehead atoms. The number of rotatable bonds is 4. The summed E-state index contributed by atoms with van der Waals surface area (Å²) in [6, 6.07) is 4.28. The summed E-state index contributed by atoms with van der Waals surface area (Å²) < 4.78 is 3.85. The molecule has 3 heterocycles. The molecule has 0 spiro atoms. The van der Waals surface area contributed by atoms with Crippen molar-refractivity contribution >= 4 is 11.0 Å². The molecule has 3 aromatic rings. The van der Waals surface area contributed by atoms with Crippen LogP contribution in [0.4, 0.5) is 0 Å². The standard InChI is InChI=1S/C18H24N6O/c1-13-7-16-17(8-14(13)2)23(12-20-16)9-15-10-24(22-21-15)11-18(25)3-5-19-6-4-18/h7-8,10,12,19,25H,3-6,9,11H2,1-2H3. The second-order valence-electron chi connectivity index (χ2n) is 7.18. The average Bonchev–Trinajstić information content (AvgIpc) is 3.16. The molecule has 1 aromatic carbocycles. The zero-order valence-electron chi connectivity index (χ0n) is 14.7. The van der Waals surface area contributed by atoms with Crippen LogP contribution in [-0.2, 0) is 13.1 Å². The first kappa shape index (κ1) is 16.2. The molecule has 132 valence electrons. The van der Waals surface area contributed by atoms with Gasteiger partial charge < -0.3 is 15.0 Å². The van der Waals surface area contributed by atoms with Crippen LogP contribution in [0.5, 0.6) is 0 Å². The summed E-state index contributed by atoms with van der Waals surface area (Å²) in [5.74, 6) is 0. The monoisotopic (exact) mass is 340 g/mol. The number of nitrogens with zero attached hydrogens (tertiary/aromatic N) is 5. The van der Waals surface area contributed by atoms with Gasteiger partial charge in [-0.15, -0.1) is 5.10 Å². The van der Waals surface area contributed by atoms with Crippen LogP contribution < -0.4 is 5.32 Å². The predicted molar refractivity (Wildman–Crippen MR) is 95.4 cm³/mol. The van der Waals surface area contributed by atoms with Gasteiger partial charge in [0.2, 0.25) is 0 Å². The second kappa shape index (κ2) is 6.24. The van der Waals surface area contributed by atoms with Crippen molar-refractivity contribution in [2.45, 2.75) is 45.4 Å². The van der Waals surface area contributed by atoms with Crippen LogP contribution in [0, 0.1) is 13.8 Å². The van der Waals surface area contributed by atoms with E-state index in [0.717, 1.165) is 42.7 Å². The molecule has 1 aliphatic rings. The minimum absolute atomic E-state index is 0.491. The van der Waals surface area contributed by atoms with Gasteiger partial charge in [0.15, 0.2) is 0 Å². The number of aliphatic hydroxyl groups is 1. The molecule has 1 saturated heterocycles. The molecule has 0 unspecified atom stereocenters. The largest absolute Gasteiger partial charge is 0.388 e. The third-order valence-electron chi connectivity index (χ3n) is 5.15. The number of aromatic nitrogens is 5. The highest BCUT2D eigenvalue weighted by Gasteiger charge is 2.30. The summed E-state index contributed by atoms with van der Waals surface area (Å²) in [7, 11) is 0. The van der Waals surface area contributed by atoms with E-state index in [9.17, 15) is 5.11 Å². The van der Waals surface area contributed by atoms with Crippen LogP contribution in [0.2, 0.25) is 0 Å². The summed E-state index contributed by atoms with van der Waals surface area (Å²) in [5.41, 5.74) is 4.79. The summed E-state index contributed by atoms with van der Waals surface area (Å²) in [6.45, 7) is 7.02. The summed E-state index contributed by atoms with van der Waals surface area (Å²) >= 11 is 0. The van der Waals surface area contributed by atoms with E-state index in [1.807, 2.05) is 12.5 Å². The minimum atomic E-state index is -0.688. The Bertz CT molecular complexity index is 890. The Kier molecular flexibility index (Phi) is 4.05. The molecular formula is C18H24N6O. The number of benzene rings is 1. The normalized spacial score (nSPS) is 17.2. The number of hydrogen-bond donors (Lipinski definition) is 2. The van der Waals surface area contributed by atoms with Crippen molar-refractivity contribution in [1.82, 2.24) is 29.9 Å². The van der Waals surface area contributed by atoms with Gasteiger partial charge in [-0.3, -0.25) is 0 Å². The van der Waals surface area contributed by atoms with Gasteiger partial charge in [0.25, 0.3) is 0 Å². The lowest BCUT2D eigenvalue weighted by Gasteiger charge is -2.32. The Morgan fingerprint density at radius 2 is 1.96 bits per heavy atom. The summed E-state index contributed by atoms with van der Waals surface area (Å²) in [5, 5.41) is 22.4. The lowest BCUT2D eigenvalue weighted by Crippen LogP contribution is -2.44. The van der Waals surface area contributed by atoms with Gasteiger partial charge in [0.1, 0.15) is 5.69 Å². The van der Waals surface area contributed by atoms with Crippen molar-refractivity contribution in [2.75, 3.05) is 13.1 Å². The molecule has 7 heteroatoms. The van der Waals surface area contributed by atoms with Gasteiger partial charge in [0.05, 0.1) is 42.2 Å². The van der Waals surface area contributed by atoms with Crippen LogP contribution >= 0.6 is 0 Å². The fraction of sp³-hybridized carbons (Fsp3) is 0.500. The smallest absolute Gasteiger partial charge is 0.102 e. The zero-order chi connectivity index (χ0) is 17.4. The van der Waals surface area contributed by atoms with Gasteiger partial charge in [-0.05, 0) is 63.0 Å². The molecule has 0 saturated carbocycles. The Hall–Kier alpha value is -2.25. The first-order valence-electron chi connectivity index (χ1n) is 8.77. The lowest BCUT2D eigenvalue weighted by molar-refractivity contribution is -0.00865. The van der Waals surface area contributed by atoms with Gasteiger partial charge in [-0.2, -0.15) is 0 Å². The number of piperidine rings is 1. The van der Waals surface area contributed by atoms with E-state index in [1.54, 1.807) is 4.68 Å². The van der Waals surface area contributed by atoms with E-state index in [-0.39, 0.29) is 0 Å². The fourth-order valence-corrected chi connectivity index (χ4v) is 3.45. The van der Waals surface area contributed by atoms with Crippen molar-refractivity contribution < 1.29 is 5.11 Å². The maximum absolute atomic E-state index is 10.6. The van der Waals surface area contributed by atoms with Crippen LogP contribution in [-0.4, -0.2) is 48.3 Å². The summed E-state index contributed by atoms with van der Waals surface area (Å²) in [6.07, 6.45) is 5.26. The quantitative estimate of drug-likeness (QED) is 0.750. The number of hydrogen-bond acceptors (Lipinski definition) is 5. The van der Waals surface area contributed by atoms with Gasteiger partial charge >= 0.3 is 0 Å². The molecule has 1 fully saturated rings. The van der Waals surface area contributed by atoms with Crippen LogP contribution in [0.1, 0.15) is 29.7 Å². The van der Waals surface area contributed by atoms with E-state index in [1.165, 1.54) is 11.1 Å². The number of nitrogens with one attached hydrogen (secondary N) is 1. The molecule has 2 N–H and O–H groups in total. The number of aryl methyl sites for hydroxylation is 2. The topological polar surface area (TPSA) is 80.8 Å². The first-order chi connectivity index (χ1) is 12.0. The van der Waals surface area contributed by atoms with E-state index >= 15 is 0 Å². The van der Waals surface area contributed by atoms with E-state index in [4.69, 9.17) is 0 Å². The predicted octanol–water partition coefficient (Wildman–Crippen LogP) is 1.41. The number of imidazole rings is 1. The fourth-order valence-electron chi connectivity index (χ4n) is 3.45. The molecule has 0 radical (unpaired) electrons. The highest BCUT2D eigenvalue weighted by atomic mass is 16.3. The van der Waals surface area contributed by atoms with Gasteiger partial charge in [-0.1, -0.05) is 5.21 Å². The van der Waals surface area contributed by atoms with Crippen molar-refractivity contribution in [3.05, 3.63) is 41.5 Å². The Morgan fingerprint density at radius 1 is 1.20 bits per heavy atom. The molecule has 25 heavy (non-hydrogen) atoms. The molecule has 7 nitrogen and oxygen atoms in total. The Morgan fingerprint density at radius 3 is 2.76 bits per heavy atom. The molecule has 1 aliphatic heterocycles. The molecular weight excluding hydrogens is 316 g/mol. The lowest BCUT2D eigenvalue weighted by atomic mass is 9.92. The molecule has 0 aliphatic carbocycles. The van der Waals surface area contributed by atoms with E-state index in [2.05, 4.69) is 51.2 Å². The second-order valence-corrected chi connectivity index (χ2v) is 7.18. The van der Waals surface area contributed by atoms with Crippen LogP contribution in [0.15, 0.2) is 24.7 Å². The first-order valence-corrected chi connectivity index (χ1v) is 8.77. The van der Waals surface area contributed by atoms with E-state index < -0.39 is 5.60 Å². The highest BCUT2D eigenvalue weighted by molar-refractivity contribution is 5.77. The minimum Gasteiger partial charge on any atom is -0.388 e. The average molecular weight is 340 g/mol. The third kappa shape index (κ3) is 3.29. The van der Waals surface area contributed by atoms with Crippen molar-refractivity contribution in [3.8, 4) is 0 Å². The van der Waals surface area contributed by atoms with Crippen molar-refractivity contribution in [1.29, 1.82) is 0 Å². The summed E-state index contributed by atoms with van der Waals surface area (Å²) in [4.78, 5) is 4.49. The third-order valence-corrected chi connectivity index (χ3v) is 5.15. The Labute approximate surface area is 146 Å². The maximum Gasteiger partial charge on any atom is 0.102 e. The van der Waals surface area contributed by atoms with Gasteiger partial charge in [-0.25, -0.2) is 9.67 Å². The van der Waals surface area contributed by atoms with Crippen molar-refractivity contribution in [3.63, 3.8) is 0 Å². The SMILES string of the molecule is Cc1cc2ncn(Cc3cn(CC4(O)CCNCC4)nn3)c2cc1C. The maximum atomic E-state index is 10.6. The van der Waals surface area contributed by atoms with Crippen LogP contribution in [0.25, 0.3) is 11.0 Å². The zero-order valence-corrected chi connectivity index (χ0v) is 14.7. The Balaban J connectivity index is 1.52. The van der Waals surface area contributed by atoms with E-state index in [0.29, 0.717) is 13.1 Å². The molecule has 0 atom stereocenters. The van der Waals surface area contributed by atoms with Gasteiger partial charge in [0, 0.05) is 0 Å².